The number of allylic oxidation sites excluding steroid dienone is 5. The van der Waals surface area contributed by atoms with Gasteiger partial charge < -0.3 is 9.64 Å². The van der Waals surface area contributed by atoms with Crippen LogP contribution >= 0.6 is 22.6 Å². The van der Waals surface area contributed by atoms with Gasteiger partial charge in [0.1, 0.15) is 4.61 Å². The first-order valence-electron chi connectivity index (χ1n) is 7.67. The maximum atomic E-state index is 5.44. The summed E-state index contributed by atoms with van der Waals surface area (Å²) < 4.78 is 6.01. The van der Waals surface area contributed by atoms with Crippen LogP contribution in [0.1, 0.15) is 25.7 Å². The number of nitrogens with two attached hydrogens (primary N) is 1. The average Bonchev–Trinajstić information content (AvgIpc) is 2.64. The summed E-state index contributed by atoms with van der Waals surface area (Å²) in [6.45, 7) is 3.89. The van der Waals surface area contributed by atoms with Crippen molar-refractivity contribution in [3.8, 4) is 0 Å². The van der Waals surface area contributed by atoms with E-state index in [4.69, 9.17) is 4.74 Å². The van der Waals surface area contributed by atoms with Gasteiger partial charge in [-0.25, -0.2) is 5.90 Å². The number of alkyl halides is 1. The molecular formula is C16H23IN2O2. The number of halogens is 1. The molecule has 4 bridgehead atoms. The molecule has 4 nitrogen and oxygen atoms in total. The number of morpholine rings is 1. The molecule has 5 heteroatoms. The van der Waals surface area contributed by atoms with E-state index in [-0.39, 0.29) is 0 Å². The van der Waals surface area contributed by atoms with Crippen molar-refractivity contribution in [3.05, 3.63) is 34.6 Å². The van der Waals surface area contributed by atoms with E-state index in [1.54, 1.807) is 16.7 Å². The smallest absolute Gasteiger partial charge is 0.119 e. The molecule has 116 valence electrons. The monoisotopic (exact) mass is 402 g/mol. The quantitative estimate of drug-likeness (QED) is 0.439. The van der Waals surface area contributed by atoms with Crippen LogP contribution in [0.25, 0.3) is 0 Å². The Labute approximate surface area is 140 Å². The van der Waals surface area contributed by atoms with Gasteiger partial charge in [-0.15, -0.1) is 0 Å². The van der Waals surface area contributed by atoms with Crippen LogP contribution in [0.5, 0.6) is 0 Å². The van der Waals surface area contributed by atoms with Gasteiger partial charge in [-0.3, -0.25) is 4.84 Å². The Morgan fingerprint density at radius 1 is 1.38 bits per heavy atom. The minimum Gasteiger partial charge on any atom is -0.378 e. The zero-order valence-corrected chi connectivity index (χ0v) is 14.5. The number of nitrogens with zero attached hydrogens (tertiary/aromatic N) is 1. The van der Waals surface area contributed by atoms with E-state index < -0.39 is 0 Å². The molecule has 1 aliphatic heterocycles. The predicted molar refractivity (Wildman–Crippen MR) is 91.7 cm³/mol. The van der Waals surface area contributed by atoms with E-state index in [0.29, 0.717) is 4.61 Å². The lowest BCUT2D eigenvalue weighted by Gasteiger charge is -2.40. The van der Waals surface area contributed by atoms with Gasteiger partial charge in [0.05, 0.1) is 13.2 Å². The lowest BCUT2D eigenvalue weighted by atomic mass is 9.65. The summed E-state index contributed by atoms with van der Waals surface area (Å²) in [5.74, 6) is 5.41. The van der Waals surface area contributed by atoms with Crippen LogP contribution < -0.4 is 5.90 Å². The predicted octanol–water partition coefficient (Wildman–Crippen LogP) is 2.91. The Morgan fingerprint density at radius 2 is 2.14 bits per heavy atom. The van der Waals surface area contributed by atoms with Crippen molar-refractivity contribution in [3.63, 3.8) is 0 Å². The Kier molecular flexibility index (Phi) is 5.37. The van der Waals surface area contributed by atoms with Crippen molar-refractivity contribution >= 4 is 22.6 Å². The minimum atomic E-state index is 0.567. The standard InChI is InChI=1S/C15H19NO.CH4INO/c1-2-12-9-14-11(1)3-4-13(10-15(12)14)16-5-7-17-8-6-16;2-1-4-3/h4,10,12H,1-3,5-9H2;1,3H2. The van der Waals surface area contributed by atoms with Crippen molar-refractivity contribution < 1.29 is 9.57 Å². The van der Waals surface area contributed by atoms with Crippen molar-refractivity contribution in [2.75, 3.05) is 30.9 Å². The molecule has 2 fully saturated rings. The summed E-state index contributed by atoms with van der Waals surface area (Å²) in [4.78, 5) is 6.53. The molecule has 0 aromatic rings. The van der Waals surface area contributed by atoms with Crippen LogP contribution in [0.4, 0.5) is 0 Å². The molecule has 1 heterocycles. The highest BCUT2D eigenvalue weighted by Gasteiger charge is 2.37. The van der Waals surface area contributed by atoms with E-state index in [9.17, 15) is 0 Å². The molecule has 0 amide bonds. The maximum Gasteiger partial charge on any atom is 0.119 e. The molecular weight excluding hydrogens is 379 g/mol. The van der Waals surface area contributed by atoms with E-state index in [1.165, 1.54) is 31.4 Å². The van der Waals surface area contributed by atoms with Gasteiger partial charge in [-0.1, -0.05) is 34.2 Å². The lowest BCUT2D eigenvalue weighted by molar-refractivity contribution is 0.0552. The highest BCUT2D eigenvalue weighted by atomic mass is 127. The average molecular weight is 402 g/mol. The zero-order valence-electron chi connectivity index (χ0n) is 12.3. The lowest BCUT2D eigenvalue weighted by Crippen LogP contribution is -2.35. The molecule has 2 N–H and O–H groups in total. The molecule has 0 spiro atoms. The molecule has 4 aliphatic carbocycles. The Morgan fingerprint density at radius 3 is 2.81 bits per heavy atom. The topological polar surface area (TPSA) is 47.7 Å². The molecule has 21 heavy (non-hydrogen) atoms. The van der Waals surface area contributed by atoms with Gasteiger partial charge in [0.15, 0.2) is 0 Å². The Hall–Kier alpha value is -0.370. The fraction of sp³-hybridized carbons (Fsp3) is 0.625. The fourth-order valence-electron chi connectivity index (χ4n) is 3.61. The van der Waals surface area contributed by atoms with Crippen molar-refractivity contribution in [2.45, 2.75) is 25.7 Å². The number of ether oxygens (including phenoxy) is 1. The van der Waals surface area contributed by atoms with Crippen LogP contribution in [-0.4, -0.2) is 35.8 Å². The molecule has 0 aromatic carbocycles. The van der Waals surface area contributed by atoms with Crippen LogP contribution in [0, 0.1) is 5.92 Å². The number of hydrogen-bond donors (Lipinski definition) is 1. The highest BCUT2D eigenvalue weighted by Crippen LogP contribution is 2.52. The van der Waals surface area contributed by atoms with Gasteiger partial charge in [0.25, 0.3) is 0 Å². The summed E-state index contributed by atoms with van der Waals surface area (Å²) >= 11 is 2.00. The third-order valence-electron chi connectivity index (χ3n) is 4.76. The first kappa shape index (κ1) is 15.5. The Balaban J connectivity index is 0.000000298. The van der Waals surface area contributed by atoms with E-state index in [1.807, 2.05) is 22.6 Å². The van der Waals surface area contributed by atoms with Crippen molar-refractivity contribution in [2.24, 2.45) is 11.8 Å². The first-order valence-corrected chi connectivity index (χ1v) is 9.19. The van der Waals surface area contributed by atoms with E-state index >= 15 is 0 Å². The third-order valence-corrected chi connectivity index (χ3v) is 5.12. The van der Waals surface area contributed by atoms with Gasteiger partial charge in [0, 0.05) is 18.8 Å². The van der Waals surface area contributed by atoms with Crippen LogP contribution in [0.3, 0.4) is 0 Å². The first-order chi connectivity index (χ1) is 10.3. The Bertz CT molecular complexity index is 477. The molecule has 1 saturated carbocycles. The molecule has 5 rings (SSSR count). The molecule has 0 aromatic heterocycles. The van der Waals surface area contributed by atoms with Gasteiger partial charge in [0.2, 0.25) is 0 Å². The molecule has 1 unspecified atom stereocenters. The summed E-state index contributed by atoms with van der Waals surface area (Å²) in [7, 11) is 0. The van der Waals surface area contributed by atoms with Crippen molar-refractivity contribution in [1.29, 1.82) is 0 Å². The normalized spacial score (nSPS) is 27.0. The summed E-state index contributed by atoms with van der Waals surface area (Å²) in [6, 6.07) is 0. The molecule has 1 saturated heterocycles. The van der Waals surface area contributed by atoms with Crippen molar-refractivity contribution in [1.82, 2.24) is 4.90 Å². The third kappa shape index (κ3) is 3.36. The minimum absolute atomic E-state index is 0.567. The summed E-state index contributed by atoms with van der Waals surface area (Å²) in [6.07, 6.45) is 10.2. The number of fused-ring (bicyclic) bond motifs is 1. The van der Waals surface area contributed by atoms with E-state index in [2.05, 4.69) is 27.8 Å². The summed E-state index contributed by atoms with van der Waals surface area (Å²) in [5, 5.41) is 0. The largest absolute Gasteiger partial charge is 0.378 e. The van der Waals surface area contributed by atoms with E-state index in [0.717, 1.165) is 32.2 Å². The molecule has 1 atom stereocenters. The molecule has 5 aliphatic rings. The second kappa shape index (κ2) is 7.26. The SMILES string of the molecule is C1=C2C3=C(CC=C1N1CCOCC1)CCC2C3.NOCI. The van der Waals surface area contributed by atoms with Crippen LogP contribution in [0.15, 0.2) is 34.6 Å². The zero-order chi connectivity index (χ0) is 14.7. The van der Waals surface area contributed by atoms with Crippen LogP contribution in [-0.2, 0) is 9.57 Å². The van der Waals surface area contributed by atoms with Crippen LogP contribution in [0.2, 0.25) is 0 Å². The molecule has 0 radical (unpaired) electrons. The number of rotatable bonds is 2. The fourth-order valence-corrected chi connectivity index (χ4v) is 3.61. The number of hydrogen-bond acceptors (Lipinski definition) is 4. The summed E-state index contributed by atoms with van der Waals surface area (Å²) in [5.41, 5.74) is 6.56. The van der Waals surface area contributed by atoms with Gasteiger partial charge in [-0.05, 0) is 48.8 Å². The second-order valence-corrected chi connectivity index (χ2v) is 6.45. The second-order valence-electron chi connectivity index (χ2n) is 5.83. The maximum absolute atomic E-state index is 5.44. The van der Waals surface area contributed by atoms with Gasteiger partial charge >= 0.3 is 0 Å². The highest BCUT2D eigenvalue weighted by molar-refractivity contribution is 14.1. The van der Waals surface area contributed by atoms with Gasteiger partial charge in [-0.2, -0.15) is 0 Å².